The molecule has 0 aliphatic heterocycles. The standard InChI is InChI=1S/C21H16N4O5/c26-20(21(27)24-22-14-15-6-4-5-9-19(15)25(28)29)23-16-10-12-18(13-11-16)30-17-7-2-1-3-8-17/h1-14H,(H,23,26)(H,24,27)/b22-14-. The zero-order valence-corrected chi connectivity index (χ0v) is 15.5. The Morgan fingerprint density at radius 2 is 1.50 bits per heavy atom. The van der Waals surface area contributed by atoms with Crippen LogP contribution in [0.15, 0.2) is 84.0 Å². The second-order valence-electron chi connectivity index (χ2n) is 5.91. The molecule has 0 aliphatic carbocycles. The van der Waals surface area contributed by atoms with E-state index in [1.165, 1.54) is 18.2 Å². The highest BCUT2D eigenvalue weighted by Gasteiger charge is 2.14. The number of benzene rings is 3. The maximum atomic E-state index is 12.0. The van der Waals surface area contributed by atoms with Gasteiger partial charge in [0.05, 0.1) is 16.7 Å². The molecule has 9 heteroatoms. The van der Waals surface area contributed by atoms with Crippen LogP contribution >= 0.6 is 0 Å². The summed E-state index contributed by atoms with van der Waals surface area (Å²) in [5.74, 6) is -0.719. The summed E-state index contributed by atoms with van der Waals surface area (Å²) in [5.41, 5.74) is 2.44. The molecule has 0 aliphatic rings. The van der Waals surface area contributed by atoms with Gasteiger partial charge < -0.3 is 10.1 Å². The minimum absolute atomic E-state index is 0.169. The van der Waals surface area contributed by atoms with Gasteiger partial charge in [0, 0.05) is 11.8 Å². The third-order valence-electron chi connectivity index (χ3n) is 3.80. The number of ether oxygens (including phenoxy) is 1. The molecule has 0 atom stereocenters. The second kappa shape index (κ2) is 9.60. The number of para-hydroxylation sites is 2. The summed E-state index contributed by atoms with van der Waals surface area (Å²) >= 11 is 0. The third kappa shape index (κ3) is 5.49. The monoisotopic (exact) mass is 404 g/mol. The Kier molecular flexibility index (Phi) is 6.47. The van der Waals surface area contributed by atoms with Gasteiger partial charge in [0.25, 0.3) is 5.69 Å². The lowest BCUT2D eigenvalue weighted by Gasteiger charge is -2.07. The summed E-state index contributed by atoms with van der Waals surface area (Å²) in [6.07, 6.45) is 1.10. The molecule has 2 N–H and O–H groups in total. The topological polar surface area (TPSA) is 123 Å². The number of nitro groups is 1. The van der Waals surface area contributed by atoms with E-state index in [0.29, 0.717) is 17.2 Å². The fraction of sp³-hybridized carbons (Fsp3) is 0. The molecule has 150 valence electrons. The molecule has 30 heavy (non-hydrogen) atoms. The van der Waals surface area contributed by atoms with E-state index < -0.39 is 16.7 Å². The number of hydrazone groups is 1. The van der Waals surface area contributed by atoms with E-state index in [4.69, 9.17) is 4.74 Å². The first-order chi connectivity index (χ1) is 14.5. The van der Waals surface area contributed by atoms with Gasteiger partial charge in [0.15, 0.2) is 0 Å². The average molecular weight is 404 g/mol. The molecule has 2 amide bonds. The van der Waals surface area contributed by atoms with Crippen LogP contribution in [0.2, 0.25) is 0 Å². The van der Waals surface area contributed by atoms with Crippen molar-refractivity contribution < 1.29 is 19.2 Å². The van der Waals surface area contributed by atoms with Gasteiger partial charge in [-0.1, -0.05) is 30.3 Å². The smallest absolute Gasteiger partial charge is 0.329 e. The number of nitrogens with one attached hydrogen (secondary N) is 2. The van der Waals surface area contributed by atoms with Crippen molar-refractivity contribution in [2.24, 2.45) is 5.10 Å². The molecule has 3 aromatic rings. The first kappa shape index (κ1) is 20.2. The van der Waals surface area contributed by atoms with E-state index in [0.717, 1.165) is 6.21 Å². The maximum Gasteiger partial charge on any atom is 0.329 e. The minimum atomic E-state index is -1.02. The molecular formula is C21H16N4O5. The lowest BCUT2D eigenvalue weighted by atomic mass is 10.2. The normalized spacial score (nSPS) is 10.4. The lowest BCUT2D eigenvalue weighted by molar-refractivity contribution is -0.385. The zero-order chi connectivity index (χ0) is 21.3. The van der Waals surface area contributed by atoms with E-state index in [1.54, 1.807) is 30.3 Å². The number of hydrogen-bond acceptors (Lipinski definition) is 6. The van der Waals surface area contributed by atoms with E-state index in [9.17, 15) is 19.7 Å². The van der Waals surface area contributed by atoms with Crippen molar-refractivity contribution >= 4 is 29.4 Å². The number of nitrogens with zero attached hydrogens (tertiary/aromatic N) is 2. The highest BCUT2D eigenvalue weighted by molar-refractivity contribution is 6.39. The van der Waals surface area contributed by atoms with E-state index in [2.05, 4.69) is 10.4 Å². The Bertz CT molecular complexity index is 1080. The molecule has 0 saturated heterocycles. The molecule has 0 spiro atoms. The van der Waals surface area contributed by atoms with Crippen molar-refractivity contribution in [1.82, 2.24) is 5.43 Å². The zero-order valence-electron chi connectivity index (χ0n) is 15.5. The van der Waals surface area contributed by atoms with Crippen molar-refractivity contribution in [1.29, 1.82) is 0 Å². The van der Waals surface area contributed by atoms with Gasteiger partial charge in [-0.3, -0.25) is 19.7 Å². The van der Waals surface area contributed by atoms with Crippen LogP contribution in [0.4, 0.5) is 11.4 Å². The van der Waals surface area contributed by atoms with Gasteiger partial charge in [-0.25, -0.2) is 5.43 Å². The minimum Gasteiger partial charge on any atom is -0.457 e. The Balaban J connectivity index is 1.54. The van der Waals surface area contributed by atoms with Crippen LogP contribution in [0.5, 0.6) is 11.5 Å². The van der Waals surface area contributed by atoms with Gasteiger partial charge in [-0.15, -0.1) is 0 Å². The van der Waals surface area contributed by atoms with Gasteiger partial charge in [-0.05, 0) is 42.5 Å². The Morgan fingerprint density at radius 3 is 2.20 bits per heavy atom. The highest BCUT2D eigenvalue weighted by Crippen LogP contribution is 2.22. The predicted octanol–water partition coefficient (Wildman–Crippen LogP) is 3.48. The van der Waals surface area contributed by atoms with Crippen LogP contribution < -0.4 is 15.5 Å². The fourth-order valence-corrected chi connectivity index (χ4v) is 2.39. The van der Waals surface area contributed by atoms with Gasteiger partial charge in [-0.2, -0.15) is 5.10 Å². The fourth-order valence-electron chi connectivity index (χ4n) is 2.39. The number of nitro benzene ring substituents is 1. The van der Waals surface area contributed by atoms with Gasteiger partial charge in [0.2, 0.25) is 0 Å². The average Bonchev–Trinajstić information content (AvgIpc) is 2.76. The van der Waals surface area contributed by atoms with Gasteiger partial charge >= 0.3 is 11.8 Å². The predicted molar refractivity (Wildman–Crippen MR) is 110 cm³/mol. The van der Waals surface area contributed by atoms with E-state index in [1.807, 2.05) is 35.8 Å². The molecule has 0 saturated carbocycles. The van der Waals surface area contributed by atoms with Crippen molar-refractivity contribution in [2.75, 3.05) is 5.32 Å². The summed E-state index contributed by atoms with van der Waals surface area (Å²) in [7, 11) is 0. The van der Waals surface area contributed by atoms with E-state index in [-0.39, 0.29) is 11.3 Å². The molecule has 3 aromatic carbocycles. The summed E-state index contributed by atoms with van der Waals surface area (Å²) < 4.78 is 5.65. The van der Waals surface area contributed by atoms with Crippen LogP contribution in [0.3, 0.4) is 0 Å². The summed E-state index contributed by atoms with van der Waals surface area (Å²) in [4.78, 5) is 34.2. The highest BCUT2D eigenvalue weighted by atomic mass is 16.6. The molecule has 0 fully saturated rings. The molecule has 3 rings (SSSR count). The van der Waals surface area contributed by atoms with Crippen molar-refractivity contribution in [2.45, 2.75) is 0 Å². The first-order valence-electron chi connectivity index (χ1n) is 8.74. The van der Waals surface area contributed by atoms with E-state index >= 15 is 0 Å². The second-order valence-corrected chi connectivity index (χ2v) is 5.91. The van der Waals surface area contributed by atoms with Crippen molar-refractivity contribution in [3.8, 4) is 11.5 Å². The summed E-state index contributed by atoms with van der Waals surface area (Å²) in [6, 6.07) is 21.5. The SMILES string of the molecule is O=C(N/N=C\c1ccccc1[N+](=O)[O-])C(=O)Nc1ccc(Oc2ccccc2)cc1. The Hall–Kier alpha value is -4.53. The molecule has 0 unspecified atom stereocenters. The molecule has 0 aromatic heterocycles. The molecule has 9 nitrogen and oxygen atoms in total. The number of carbonyl (C=O) groups is 2. The largest absolute Gasteiger partial charge is 0.457 e. The molecule has 0 radical (unpaired) electrons. The van der Waals surface area contributed by atoms with Crippen LogP contribution in [0.25, 0.3) is 0 Å². The number of rotatable bonds is 6. The number of amides is 2. The quantitative estimate of drug-likeness (QED) is 0.282. The molecule has 0 heterocycles. The summed E-state index contributed by atoms with van der Waals surface area (Å²) in [5, 5.41) is 17.0. The van der Waals surface area contributed by atoms with Crippen LogP contribution in [0, 0.1) is 10.1 Å². The van der Waals surface area contributed by atoms with Crippen LogP contribution in [0.1, 0.15) is 5.56 Å². The molecule has 0 bridgehead atoms. The molecular weight excluding hydrogens is 388 g/mol. The Morgan fingerprint density at radius 1 is 0.867 bits per heavy atom. The third-order valence-corrected chi connectivity index (χ3v) is 3.80. The van der Waals surface area contributed by atoms with Gasteiger partial charge in [0.1, 0.15) is 11.5 Å². The number of carbonyl (C=O) groups excluding carboxylic acids is 2. The number of anilines is 1. The van der Waals surface area contributed by atoms with Crippen molar-refractivity contribution in [3.63, 3.8) is 0 Å². The number of hydrogen-bond donors (Lipinski definition) is 2. The van der Waals surface area contributed by atoms with Crippen LogP contribution in [-0.2, 0) is 9.59 Å². The van der Waals surface area contributed by atoms with Crippen LogP contribution in [-0.4, -0.2) is 23.0 Å². The summed E-state index contributed by atoms with van der Waals surface area (Å²) in [6.45, 7) is 0. The van der Waals surface area contributed by atoms with Crippen molar-refractivity contribution in [3.05, 3.63) is 94.5 Å². The Labute approximate surface area is 171 Å². The lowest BCUT2D eigenvalue weighted by Crippen LogP contribution is -2.32. The maximum absolute atomic E-state index is 12.0. The first-order valence-corrected chi connectivity index (χ1v) is 8.74.